The highest BCUT2D eigenvalue weighted by Gasteiger charge is 1.83. The molecule has 0 aliphatic rings. The van der Waals surface area contributed by atoms with Crippen LogP contribution in [0.25, 0.3) is 0 Å². The molecule has 0 radical (unpaired) electrons. The van der Waals surface area contributed by atoms with Crippen molar-refractivity contribution >= 4 is 12.4 Å². The van der Waals surface area contributed by atoms with Crippen molar-refractivity contribution in [2.24, 2.45) is 5.73 Å². The van der Waals surface area contributed by atoms with E-state index in [0.29, 0.717) is 6.54 Å². The van der Waals surface area contributed by atoms with Gasteiger partial charge in [-0.05, 0) is 12.0 Å². The zero-order chi connectivity index (χ0) is 7.94. The Balaban J connectivity index is 0.00000121. The molecule has 66 valence electrons. The third kappa shape index (κ3) is 4.16. The van der Waals surface area contributed by atoms with Gasteiger partial charge in [0.15, 0.2) is 0 Å². The number of hydrogen-bond acceptors (Lipinski definition) is 1. The summed E-state index contributed by atoms with van der Waals surface area (Å²) in [5, 5.41) is 0. The van der Waals surface area contributed by atoms with Gasteiger partial charge in [0.2, 0.25) is 0 Å². The van der Waals surface area contributed by atoms with Crippen LogP contribution in [0.4, 0.5) is 0 Å². The number of halogens is 1. The molecule has 0 saturated carbocycles. The largest absolute Gasteiger partial charge is 0.327 e. The molecule has 1 rings (SSSR count). The molecule has 0 saturated heterocycles. The molecule has 0 aliphatic carbocycles. The summed E-state index contributed by atoms with van der Waals surface area (Å²) in [6.07, 6.45) is 5.06. The lowest BCUT2D eigenvalue weighted by Gasteiger charge is -1.92. The summed E-state index contributed by atoms with van der Waals surface area (Å²) in [7, 11) is 0. The van der Waals surface area contributed by atoms with Crippen LogP contribution in [-0.4, -0.2) is 6.54 Å². The number of hydrogen-bond donors (Lipinski definition) is 1. The molecule has 0 bridgehead atoms. The van der Waals surface area contributed by atoms with E-state index in [1.807, 2.05) is 24.3 Å². The first-order valence-electron chi connectivity index (χ1n) is 3.82. The maximum absolute atomic E-state index is 5.31. The van der Waals surface area contributed by atoms with Crippen LogP contribution in [0, 0.1) is 0 Å². The highest BCUT2D eigenvalue weighted by Crippen LogP contribution is 1.99. The second-order valence-corrected chi connectivity index (χ2v) is 2.40. The molecule has 0 fully saturated rings. The van der Waals surface area contributed by atoms with Crippen molar-refractivity contribution in [2.75, 3.05) is 6.54 Å². The Hall–Kier alpha value is -0.790. The average Bonchev–Trinajstić information content (AvgIpc) is 2.07. The molecule has 0 heterocycles. The Morgan fingerprint density at radius 3 is 2.33 bits per heavy atom. The fourth-order valence-corrected chi connectivity index (χ4v) is 0.930. The Morgan fingerprint density at radius 1 is 1.08 bits per heavy atom. The van der Waals surface area contributed by atoms with Crippen molar-refractivity contribution in [3.8, 4) is 0 Å². The molecule has 0 amide bonds. The molecule has 2 heteroatoms. The molecule has 1 nitrogen and oxygen atoms in total. The Labute approximate surface area is 79.7 Å². The van der Waals surface area contributed by atoms with Gasteiger partial charge in [-0.25, -0.2) is 0 Å². The van der Waals surface area contributed by atoms with Crippen LogP contribution in [0.1, 0.15) is 5.56 Å². The van der Waals surface area contributed by atoms with E-state index in [0.717, 1.165) is 6.42 Å². The van der Waals surface area contributed by atoms with Gasteiger partial charge in [0.1, 0.15) is 0 Å². The predicted octanol–water partition coefficient (Wildman–Crippen LogP) is 2.17. The van der Waals surface area contributed by atoms with Gasteiger partial charge >= 0.3 is 0 Å². The van der Waals surface area contributed by atoms with Gasteiger partial charge in [0, 0.05) is 6.54 Å². The lowest BCUT2D eigenvalue weighted by molar-refractivity contribution is 1.20. The first-order chi connectivity index (χ1) is 5.43. The van der Waals surface area contributed by atoms with E-state index in [9.17, 15) is 0 Å². The molecule has 0 aromatic heterocycles. The van der Waals surface area contributed by atoms with Crippen LogP contribution >= 0.6 is 12.4 Å². The van der Waals surface area contributed by atoms with Gasteiger partial charge in [-0.3, -0.25) is 0 Å². The van der Waals surface area contributed by atoms with E-state index in [1.54, 1.807) is 0 Å². The maximum atomic E-state index is 5.31. The molecule has 1 aromatic carbocycles. The lowest BCUT2D eigenvalue weighted by atomic mass is 10.1. The van der Waals surface area contributed by atoms with Crippen LogP contribution < -0.4 is 5.73 Å². The molecule has 0 atom stereocenters. The normalized spacial score (nSPS) is 9.75. The highest BCUT2D eigenvalue weighted by atomic mass is 35.5. The fraction of sp³-hybridized carbons (Fsp3) is 0.200. The molecular weight excluding hydrogens is 170 g/mol. The van der Waals surface area contributed by atoms with Crippen LogP contribution in [0.3, 0.4) is 0 Å². The summed E-state index contributed by atoms with van der Waals surface area (Å²) < 4.78 is 0. The minimum Gasteiger partial charge on any atom is -0.327 e. The fourth-order valence-electron chi connectivity index (χ4n) is 0.930. The minimum atomic E-state index is 0. The van der Waals surface area contributed by atoms with Gasteiger partial charge in [-0.2, -0.15) is 0 Å². The first kappa shape index (κ1) is 11.2. The molecule has 0 aliphatic heterocycles. The number of nitrogens with two attached hydrogens (primary N) is 1. The zero-order valence-electron chi connectivity index (χ0n) is 6.94. The first-order valence-corrected chi connectivity index (χ1v) is 3.82. The maximum Gasteiger partial charge on any atom is 0.0106 e. The van der Waals surface area contributed by atoms with Gasteiger partial charge < -0.3 is 5.73 Å². The second-order valence-electron chi connectivity index (χ2n) is 2.40. The van der Waals surface area contributed by atoms with Crippen LogP contribution in [0.2, 0.25) is 0 Å². The van der Waals surface area contributed by atoms with Crippen molar-refractivity contribution in [1.82, 2.24) is 0 Å². The Bertz CT molecular complexity index is 219. The topological polar surface area (TPSA) is 26.0 Å². The molecule has 0 spiro atoms. The van der Waals surface area contributed by atoms with Crippen molar-refractivity contribution in [1.29, 1.82) is 0 Å². The van der Waals surface area contributed by atoms with Crippen molar-refractivity contribution < 1.29 is 0 Å². The SMILES string of the molecule is Cl.NC/C=C/Cc1ccccc1. The molecule has 12 heavy (non-hydrogen) atoms. The third-order valence-corrected chi connectivity index (χ3v) is 1.50. The Morgan fingerprint density at radius 2 is 1.75 bits per heavy atom. The van der Waals surface area contributed by atoms with Crippen molar-refractivity contribution in [3.05, 3.63) is 48.0 Å². The second kappa shape index (κ2) is 6.89. The number of rotatable bonds is 3. The Kier molecular flexibility index (Phi) is 6.44. The van der Waals surface area contributed by atoms with E-state index < -0.39 is 0 Å². The summed E-state index contributed by atoms with van der Waals surface area (Å²) in [6, 6.07) is 10.3. The van der Waals surface area contributed by atoms with Gasteiger partial charge in [-0.1, -0.05) is 42.5 Å². The van der Waals surface area contributed by atoms with E-state index in [1.165, 1.54) is 5.56 Å². The van der Waals surface area contributed by atoms with Crippen molar-refractivity contribution in [2.45, 2.75) is 6.42 Å². The summed E-state index contributed by atoms with van der Waals surface area (Å²) in [5.41, 5.74) is 6.64. The monoisotopic (exact) mass is 183 g/mol. The zero-order valence-corrected chi connectivity index (χ0v) is 7.76. The van der Waals surface area contributed by atoms with Gasteiger partial charge in [0.05, 0.1) is 0 Å². The van der Waals surface area contributed by atoms with Crippen LogP contribution in [0.5, 0.6) is 0 Å². The van der Waals surface area contributed by atoms with Crippen LogP contribution in [0.15, 0.2) is 42.5 Å². The number of allylic oxidation sites excluding steroid dienone is 1. The van der Waals surface area contributed by atoms with Gasteiger partial charge in [-0.15, -0.1) is 12.4 Å². The average molecular weight is 184 g/mol. The highest BCUT2D eigenvalue weighted by molar-refractivity contribution is 5.85. The summed E-state index contributed by atoms with van der Waals surface area (Å²) in [4.78, 5) is 0. The van der Waals surface area contributed by atoms with E-state index in [2.05, 4.69) is 18.2 Å². The quantitative estimate of drug-likeness (QED) is 0.715. The lowest BCUT2D eigenvalue weighted by Crippen LogP contribution is -1.92. The summed E-state index contributed by atoms with van der Waals surface area (Å²) in [5.74, 6) is 0. The molecule has 2 N–H and O–H groups in total. The minimum absolute atomic E-state index is 0. The molecular formula is C10H14ClN. The van der Waals surface area contributed by atoms with E-state index >= 15 is 0 Å². The van der Waals surface area contributed by atoms with Crippen LogP contribution in [-0.2, 0) is 6.42 Å². The van der Waals surface area contributed by atoms with E-state index in [-0.39, 0.29) is 12.4 Å². The summed E-state index contributed by atoms with van der Waals surface area (Å²) in [6.45, 7) is 0.632. The number of benzene rings is 1. The van der Waals surface area contributed by atoms with E-state index in [4.69, 9.17) is 5.73 Å². The molecule has 0 unspecified atom stereocenters. The smallest absolute Gasteiger partial charge is 0.0106 e. The predicted molar refractivity (Wildman–Crippen MR) is 55.6 cm³/mol. The summed E-state index contributed by atoms with van der Waals surface area (Å²) >= 11 is 0. The molecule has 1 aromatic rings. The van der Waals surface area contributed by atoms with Gasteiger partial charge in [0.25, 0.3) is 0 Å². The van der Waals surface area contributed by atoms with Crippen molar-refractivity contribution in [3.63, 3.8) is 0 Å². The standard InChI is InChI=1S/C10H13N.ClH/c11-9-5-4-8-10-6-2-1-3-7-10;/h1-7H,8-9,11H2;1H/b5-4+;. The third-order valence-electron chi connectivity index (χ3n) is 1.50.